The Morgan fingerprint density at radius 1 is 1.09 bits per heavy atom. The van der Waals surface area contributed by atoms with Gasteiger partial charge in [0.1, 0.15) is 0 Å². The Hall–Kier alpha value is -1.46. The lowest BCUT2D eigenvalue weighted by Crippen LogP contribution is -2.22. The molecule has 0 heterocycles. The maximum absolute atomic E-state index is 11.4. The minimum absolute atomic E-state index is 0.0184. The van der Waals surface area contributed by atoms with Gasteiger partial charge < -0.3 is 14.8 Å². The molecule has 0 aliphatic rings. The van der Waals surface area contributed by atoms with Gasteiger partial charge in [-0.25, -0.2) is 0 Å². The SMILES string of the molecule is CCCCCCCCOc1c(Br)cc(CNCC(C[P+](=O)O)c2ccccc2)cc1OC. The first kappa shape index (κ1) is 26.8. The summed E-state index contributed by atoms with van der Waals surface area (Å²) in [4.78, 5) is 9.42. The molecule has 32 heavy (non-hydrogen) atoms. The van der Waals surface area contributed by atoms with E-state index in [0.29, 0.717) is 25.4 Å². The fraction of sp³-hybridized carbons (Fsp3) is 0.520. The minimum atomic E-state index is -2.20. The highest BCUT2D eigenvalue weighted by Crippen LogP contribution is 2.37. The van der Waals surface area contributed by atoms with E-state index in [1.807, 2.05) is 42.5 Å². The fourth-order valence-electron chi connectivity index (χ4n) is 3.66. The Labute approximate surface area is 201 Å². The number of rotatable bonds is 16. The first-order chi connectivity index (χ1) is 15.5. The van der Waals surface area contributed by atoms with Gasteiger partial charge in [0.2, 0.25) is 0 Å². The largest absolute Gasteiger partial charge is 0.506 e. The average molecular weight is 525 g/mol. The Bertz CT molecular complexity index is 819. The van der Waals surface area contributed by atoms with Gasteiger partial charge >= 0.3 is 8.03 Å². The molecule has 0 radical (unpaired) electrons. The molecule has 0 spiro atoms. The molecule has 2 rings (SSSR count). The molecular weight excluding hydrogens is 489 g/mol. The second kappa shape index (κ2) is 15.4. The first-order valence-electron chi connectivity index (χ1n) is 11.4. The summed E-state index contributed by atoms with van der Waals surface area (Å²) in [5, 5.41) is 3.42. The van der Waals surface area contributed by atoms with Gasteiger partial charge in [-0.1, -0.05) is 69.4 Å². The number of halogens is 1. The van der Waals surface area contributed by atoms with E-state index in [9.17, 15) is 9.46 Å². The minimum Gasteiger partial charge on any atom is -0.493 e. The quantitative estimate of drug-likeness (QED) is 0.186. The van der Waals surface area contributed by atoms with Crippen LogP contribution in [0.4, 0.5) is 0 Å². The number of nitrogens with one attached hydrogen (secondary N) is 1. The zero-order valence-electron chi connectivity index (χ0n) is 19.2. The number of methoxy groups -OCH3 is 1. The van der Waals surface area contributed by atoms with Crippen molar-refractivity contribution in [3.63, 3.8) is 0 Å². The van der Waals surface area contributed by atoms with Crippen molar-refractivity contribution in [2.75, 3.05) is 26.4 Å². The number of hydrogen-bond acceptors (Lipinski definition) is 4. The second-order valence-corrected chi connectivity index (χ2v) is 9.92. The highest BCUT2D eigenvalue weighted by atomic mass is 79.9. The molecule has 0 aliphatic heterocycles. The molecule has 0 bridgehead atoms. The van der Waals surface area contributed by atoms with Crippen LogP contribution in [0.25, 0.3) is 0 Å². The van der Waals surface area contributed by atoms with Crippen LogP contribution < -0.4 is 14.8 Å². The van der Waals surface area contributed by atoms with Gasteiger partial charge in [-0.3, -0.25) is 0 Å². The summed E-state index contributed by atoms with van der Waals surface area (Å²) in [7, 11) is -0.545. The van der Waals surface area contributed by atoms with Crippen LogP contribution in [0.15, 0.2) is 46.9 Å². The molecule has 0 saturated heterocycles. The molecule has 0 aromatic heterocycles. The standard InChI is InChI=1S/C25H35BrNO4P/c1-3-4-5-6-7-11-14-31-25-23(26)15-20(16-24(25)30-2)17-27-18-22(19-32(28)29)21-12-9-8-10-13-21/h8-10,12-13,15-16,22,27H,3-7,11,14,17-19H2,1-2H3/p+1. The number of ether oxygens (including phenoxy) is 2. The van der Waals surface area contributed by atoms with E-state index in [4.69, 9.17) is 9.47 Å². The lowest BCUT2D eigenvalue weighted by atomic mass is 10.0. The predicted octanol–water partition coefficient (Wildman–Crippen LogP) is 6.81. The molecule has 0 saturated carbocycles. The van der Waals surface area contributed by atoms with Crippen molar-refractivity contribution in [2.45, 2.75) is 57.9 Å². The maximum Gasteiger partial charge on any atom is 0.506 e. The van der Waals surface area contributed by atoms with E-state index < -0.39 is 8.03 Å². The molecule has 2 aromatic rings. The van der Waals surface area contributed by atoms with E-state index in [2.05, 4.69) is 28.2 Å². The summed E-state index contributed by atoms with van der Waals surface area (Å²) < 4.78 is 23.9. The summed E-state index contributed by atoms with van der Waals surface area (Å²) >= 11 is 3.63. The number of benzene rings is 2. The topological polar surface area (TPSA) is 67.8 Å². The second-order valence-electron chi connectivity index (χ2n) is 8.00. The van der Waals surface area contributed by atoms with Crippen molar-refractivity contribution in [3.05, 3.63) is 58.1 Å². The summed E-state index contributed by atoms with van der Waals surface area (Å²) in [6, 6.07) is 13.9. The molecule has 2 N–H and O–H groups in total. The van der Waals surface area contributed by atoms with E-state index >= 15 is 0 Å². The van der Waals surface area contributed by atoms with Gasteiger partial charge in [0.05, 0.1) is 18.2 Å². The highest BCUT2D eigenvalue weighted by Gasteiger charge is 2.22. The Balaban J connectivity index is 1.90. The van der Waals surface area contributed by atoms with Crippen molar-refractivity contribution in [2.24, 2.45) is 0 Å². The normalized spacial score (nSPS) is 12.4. The van der Waals surface area contributed by atoms with Crippen molar-refractivity contribution >= 4 is 24.0 Å². The Morgan fingerprint density at radius 2 is 1.81 bits per heavy atom. The van der Waals surface area contributed by atoms with Gasteiger partial charge in [-0.05, 0) is 50.2 Å². The van der Waals surface area contributed by atoms with Crippen LogP contribution in [0.1, 0.15) is 62.5 Å². The molecule has 176 valence electrons. The monoisotopic (exact) mass is 524 g/mol. The first-order valence-corrected chi connectivity index (χ1v) is 13.6. The fourth-order valence-corrected chi connectivity index (χ4v) is 4.99. The summed E-state index contributed by atoms with van der Waals surface area (Å²) in [5.41, 5.74) is 2.12. The molecule has 0 aliphatic carbocycles. The van der Waals surface area contributed by atoms with Crippen LogP contribution in [0.3, 0.4) is 0 Å². The third-order valence-electron chi connectivity index (χ3n) is 5.40. The number of unbranched alkanes of at least 4 members (excludes halogenated alkanes) is 5. The lowest BCUT2D eigenvalue weighted by Gasteiger charge is -2.16. The van der Waals surface area contributed by atoms with Gasteiger partial charge in [0, 0.05) is 19.0 Å². The van der Waals surface area contributed by atoms with Gasteiger partial charge in [0.15, 0.2) is 17.7 Å². The van der Waals surface area contributed by atoms with E-state index in [0.717, 1.165) is 27.8 Å². The van der Waals surface area contributed by atoms with Crippen LogP contribution in [-0.2, 0) is 11.1 Å². The highest BCUT2D eigenvalue weighted by molar-refractivity contribution is 9.10. The van der Waals surface area contributed by atoms with Crippen LogP contribution >= 0.6 is 24.0 Å². The maximum atomic E-state index is 11.4. The van der Waals surface area contributed by atoms with Crippen LogP contribution in [0.5, 0.6) is 11.5 Å². The van der Waals surface area contributed by atoms with Gasteiger partial charge in [0.25, 0.3) is 0 Å². The van der Waals surface area contributed by atoms with Crippen molar-refractivity contribution in [1.82, 2.24) is 5.32 Å². The third-order valence-corrected chi connectivity index (χ3v) is 6.74. The van der Waals surface area contributed by atoms with E-state index in [-0.39, 0.29) is 12.1 Å². The molecule has 0 amide bonds. The molecule has 2 aromatic carbocycles. The molecule has 5 nitrogen and oxygen atoms in total. The zero-order valence-corrected chi connectivity index (χ0v) is 21.7. The molecule has 2 atom stereocenters. The predicted molar refractivity (Wildman–Crippen MR) is 135 cm³/mol. The smallest absolute Gasteiger partial charge is 0.493 e. The Kier molecular flexibility index (Phi) is 12.9. The van der Waals surface area contributed by atoms with Crippen molar-refractivity contribution in [1.29, 1.82) is 0 Å². The van der Waals surface area contributed by atoms with Gasteiger partial charge in [-0.2, -0.15) is 4.89 Å². The van der Waals surface area contributed by atoms with E-state index in [1.165, 1.54) is 32.1 Å². The van der Waals surface area contributed by atoms with Crippen molar-refractivity contribution in [3.8, 4) is 11.5 Å². The molecule has 7 heteroatoms. The van der Waals surface area contributed by atoms with Crippen LogP contribution in [0, 0.1) is 0 Å². The molecular formula is C25H36BrNO4P+. The van der Waals surface area contributed by atoms with Crippen LogP contribution in [-0.4, -0.2) is 31.3 Å². The van der Waals surface area contributed by atoms with Crippen LogP contribution in [0.2, 0.25) is 0 Å². The van der Waals surface area contributed by atoms with Gasteiger partial charge in [-0.15, -0.1) is 0 Å². The summed E-state index contributed by atoms with van der Waals surface area (Å²) in [5.74, 6) is 1.43. The molecule has 0 fully saturated rings. The zero-order chi connectivity index (χ0) is 23.2. The summed E-state index contributed by atoms with van der Waals surface area (Å²) in [6.45, 7) is 4.14. The molecule has 2 unspecified atom stereocenters. The lowest BCUT2D eigenvalue weighted by molar-refractivity contribution is 0.282. The third kappa shape index (κ3) is 9.58. The van der Waals surface area contributed by atoms with E-state index in [1.54, 1.807) is 7.11 Å². The van der Waals surface area contributed by atoms with Crippen molar-refractivity contribution < 1.29 is 18.9 Å². The Morgan fingerprint density at radius 3 is 2.50 bits per heavy atom. The summed E-state index contributed by atoms with van der Waals surface area (Å²) in [6.07, 6.45) is 7.58. The average Bonchev–Trinajstić information content (AvgIpc) is 2.79. The number of hydrogen-bond donors (Lipinski definition) is 2.